The van der Waals surface area contributed by atoms with Gasteiger partial charge in [0, 0.05) is 4.88 Å². The molecule has 0 aliphatic rings. The molecule has 1 unspecified atom stereocenters. The standard InChI is InChI=1S/C11H14ClNO3S/c1-11(2,3)16-10(15)13-8(9(12)14)7-5-4-6-17-7/h4-6,8H,1-3H3,(H,13,15). The fourth-order valence-electron chi connectivity index (χ4n) is 1.12. The van der Waals surface area contributed by atoms with Gasteiger partial charge >= 0.3 is 6.09 Å². The van der Waals surface area contributed by atoms with Crippen LogP contribution < -0.4 is 5.32 Å². The Labute approximate surface area is 109 Å². The van der Waals surface area contributed by atoms with E-state index in [1.807, 2.05) is 0 Å². The zero-order valence-corrected chi connectivity index (χ0v) is 11.4. The van der Waals surface area contributed by atoms with Crippen molar-refractivity contribution in [2.24, 2.45) is 0 Å². The fraction of sp³-hybridized carbons (Fsp3) is 0.455. The van der Waals surface area contributed by atoms with Crippen molar-refractivity contribution in [1.29, 1.82) is 0 Å². The van der Waals surface area contributed by atoms with Crippen molar-refractivity contribution in [2.75, 3.05) is 0 Å². The Bertz CT molecular complexity index is 397. The fourth-order valence-corrected chi connectivity index (χ4v) is 2.13. The maximum absolute atomic E-state index is 11.5. The van der Waals surface area contributed by atoms with Crippen LogP contribution in [0.25, 0.3) is 0 Å². The molecule has 0 bridgehead atoms. The summed E-state index contributed by atoms with van der Waals surface area (Å²) in [6, 6.07) is 2.66. The first-order valence-electron chi connectivity index (χ1n) is 5.02. The lowest BCUT2D eigenvalue weighted by atomic mass is 10.2. The van der Waals surface area contributed by atoms with E-state index in [9.17, 15) is 9.59 Å². The molecule has 0 saturated heterocycles. The van der Waals surface area contributed by atoms with Crippen LogP contribution in [0.1, 0.15) is 31.7 Å². The topological polar surface area (TPSA) is 55.4 Å². The average molecular weight is 276 g/mol. The third-order valence-corrected chi connectivity index (χ3v) is 2.87. The Morgan fingerprint density at radius 2 is 2.12 bits per heavy atom. The van der Waals surface area contributed by atoms with Gasteiger partial charge in [-0.05, 0) is 43.8 Å². The molecule has 0 aliphatic heterocycles. The van der Waals surface area contributed by atoms with Crippen molar-refractivity contribution in [3.05, 3.63) is 22.4 Å². The monoisotopic (exact) mass is 275 g/mol. The number of hydrogen-bond donors (Lipinski definition) is 1. The molecule has 0 aromatic carbocycles. The highest BCUT2D eigenvalue weighted by Gasteiger charge is 2.25. The summed E-state index contributed by atoms with van der Waals surface area (Å²) in [5.41, 5.74) is -0.612. The lowest BCUT2D eigenvalue weighted by molar-refractivity contribution is -0.113. The van der Waals surface area contributed by atoms with Gasteiger partial charge in [-0.15, -0.1) is 11.3 Å². The Balaban J connectivity index is 2.69. The minimum atomic E-state index is -0.855. The van der Waals surface area contributed by atoms with Crippen LogP contribution in [0.3, 0.4) is 0 Å². The van der Waals surface area contributed by atoms with Gasteiger partial charge in [0.25, 0.3) is 0 Å². The van der Waals surface area contributed by atoms with Gasteiger partial charge in [-0.1, -0.05) is 6.07 Å². The largest absolute Gasteiger partial charge is 0.444 e. The quantitative estimate of drug-likeness (QED) is 0.863. The molecule has 0 spiro atoms. The number of amides is 1. The Morgan fingerprint density at radius 3 is 2.53 bits per heavy atom. The van der Waals surface area contributed by atoms with E-state index in [2.05, 4.69) is 5.32 Å². The number of rotatable bonds is 3. The molecule has 0 aliphatic carbocycles. The molecule has 1 amide bonds. The zero-order chi connectivity index (χ0) is 13.1. The van der Waals surface area contributed by atoms with Gasteiger partial charge in [0.1, 0.15) is 11.6 Å². The minimum absolute atomic E-state index is 0.612. The molecule has 1 aromatic heterocycles. The summed E-state index contributed by atoms with van der Waals surface area (Å²) in [4.78, 5) is 23.5. The molecule has 1 atom stereocenters. The second-order valence-electron chi connectivity index (χ2n) is 4.40. The van der Waals surface area contributed by atoms with Gasteiger partial charge in [-0.25, -0.2) is 4.79 Å². The van der Waals surface area contributed by atoms with E-state index in [1.165, 1.54) is 11.3 Å². The maximum atomic E-state index is 11.5. The summed E-state index contributed by atoms with van der Waals surface area (Å²) >= 11 is 6.79. The van der Waals surface area contributed by atoms with E-state index in [0.717, 1.165) is 0 Å². The van der Waals surface area contributed by atoms with E-state index in [0.29, 0.717) is 4.88 Å². The number of carbonyl (C=O) groups is 2. The number of halogens is 1. The van der Waals surface area contributed by atoms with Gasteiger partial charge < -0.3 is 10.1 Å². The van der Waals surface area contributed by atoms with Crippen molar-refractivity contribution in [3.63, 3.8) is 0 Å². The van der Waals surface area contributed by atoms with Gasteiger partial charge in [-0.3, -0.25) is 4.79 Å². The van der Waals surface area contributed by atoms with Crippen molar-refractivity contribution in [3.8, 4) is 0 Å². The summed E-state index contributed by atoms with van der Waals surface area (Å²) in [6.45, 7) is 5.24. The van der Waals surface area contributed by atoms with Crippen LogP contribution in [0.15, 0.2) is 17.5 Å². The Kier molecular flexibility index (Phi) is 4.54. The Hall–Kier alpha value is -1.07. The molecule has 0 radical (unpaired) electrons. The van der Waals surface area contributed by atoms with Crippen LogP contribution in [0, 0.1) is 0 Å². The summed E-state index contributed by atoms with van der Waals surface area (Å²) < 4.78 is 5.06. The lowest BCUT2D eigenvalue weighted by Crippen LogP contribution is -2.36. The van der Waals surface area contributed by atoms with E-state index in [1.54, 1.807) is 38.3 Å². The molecule has 94 valence electrons. The molecule has 1 heterocycles. The van der Waals surface area contributed by atoms with Crippen LogP contribution in [-0.2, 0) is 9.53 Å². The second-order valence-corrected chi connectivity index (χ2v) is 5.75. The zero-order valence-electron chi connectivity index (χ0n) is 9.82. The molecule has 4 nitrogen and oxygen atoms in total. The van der Waals surface area contributed by atoms with Crippen molar-refractivity contribution in [1.82, 2.24) is 5.32 Å². The first-order chi connectivity index (χ1) is 7.79. The predicted molar refractivity (Wildman–Crippen MR) is 67.3 cm³/mol. The van der Waals surface area contributed by atoms with Crippen LogP contribution >= 0.6 is 22.9 Å². The maximum Gasteiger partial charge on any atom is 0.408 e. The highest BCUT2D eigenvalue weighted by Crippen LogP contribution is 2.21. The average Bonchev–Trinajstić information content (AvgIpc) is 2.63. The molecule has 6 heteroatoms. The first kappa shape index (κ1) is 14.0. The highest BCUT2D eigenvalue weighted by atomic mass is 35.5. The van der Waals surface area contributed by atoms with Crippen LogP contribution in [0.4, 0.5) is 4.79 Å². The van der Waals surface area contributed by atoms with Crippen molar-refractivity contribution < 1.29 is 14.3 Å². The normalized spacial score (nSPS) is 12.9. The summed E-state index contributed by atoms with van der Waals surface area (Å²) in [7, 11) is 0. The summed E-state index contributed by atoms with van der Waals surface area (Å²) in [5, 5.41) is 3.61. The molecule has 1 aromatic rings. The number of alkyl carbamates (subject to hydrolysis) is 1. The smallest absolute Gasteiger partial charge is 0.408 e. The Morgan fingerprint density at radius 1 is 1.47 bits per heavy atom. The SMILES string of the molecule is CC(C)(C)OC(=O)NC(C(=O)Cl)c1cccs1. The minimum Gasteiger partial charge on any atom is -0.444 e. The van der Waals surface area contributed by atoms with Gasteiger partial charge in [0.05, 0.1) is 0 Å². The third kappa shape index (κ3) is 4.75. The number of hydrogen-bond acceptors (Lipinski definition) is 4. The molecular formula is C11H14ClNO3S. The molecule has 1 N–H and O–H groups in total. The van der Waals surface area contributed by atoms with Gasteiger partial charge in [-0.2, -0.15) is 0 Å². The van der Waals surface area contributed by atoms with E-state index in [-0.39, 0.29) is 0 Å². The second kappa shape index (κ2) is 5.51. The third-order valence-electron chi connectivity index (χ3n) is 1.72. The van der Waals surface area contributed by atoms with Gasteiger partial charge in [0.2, 0.25) is 5.24 Å². The molecule has 0 saturated carbocycles. The van der Waals surface area contributed by atoms with Crippen LogP contribution in [0.5, 0.6) is 0 Å². The summed E-state index contributed by atoms with van der Waals surface area (Å²) in [6.07, 6.45) is -0.662. The van der Waals surface area contributed by atoms with Crippen molar-refractivity contribution >= 4 is 34.3 Å². The number of nitrogens with one attached hydrogen (secondary N) is 1. The molecule has 17 heavy (non-hydrogen) atoms. The van der Waals surface area contributed by atoms with E-state index in [4.69, 9.17) is 16.3 Å². The molecule has 0 fully saturated rings. The van der Waals surface area contributed by atoms with Crippen LogP contribution in [-0.4, -0.2) is 16.9 Å². The molecule has 1 rings (SSSR count). The van der Waals surface area contributed by atoms with Crippen LogP contribution in [0.2, 0.25) is 0 Å². The predicted octanol–water partition coefficient (Wildman–Crippen LogP) is 3.08. The van der Waals surface area contributed by atoms with Gasteiger partial charge in [0.15, 0.2) is 0 Å². The summed E-state index contributed by atoms with van der Waals surface area (Å²) in [5.74, 6) is 0. The lowest BCUT2D eigenvalue weighted by Gasteiger charge is -2.21. The van der Waals surface area contributed by atoms with E-state index < -0.39 is 23.0 Å². The first-order valence-corrected chi connectivity index (χ1v) is 6.27. The number of carbonyl (C=O) groups excluding carboxylic acids is 2. The highest BCUT2D eigenvalue weighted by molar-refractivity contribution is 7.10. The molecular weight excluding hydrogens is 262 g/mol. The van der Waals surface area contributed by atoms with E-state index >= 15 is 0 Å². The number of thiophene rings is 1. The van der Waals surface area contributed by atoms with Crippen molar-refractivity contribution in [2.45, 2.75) is 32.4 Å². The number of ether oxygens (including phenoxy) is 1.